The smallest absolute Gasteiger partial charge is 0.373 e. The van der Waals surface area contributed by atoms with Gasteiger partial charge in [-0.25, -0.2) is 0 Å². The van der Waals surface area contributed by atoms with E-state index in [1.807, 2.05) is 97.9 Å². The number of hydrogen-bond acceptors (Lipinski definition) is 12. The summed E-state index contributed by atoms with van der Waals surface area (Å²) >= 11 is 0. The van der Waals surface area contributed by atoms with Crippen LogP contribution in [0.2, 0.25) is 0 Å². The molecule has 0 bridgehead atoms. The minimum atomic E-state index is 0.250. The maximum Gasteiger partial charge on any atom is 0.373 e. The second-order valence-electron chi connectivity index (χ2n) is 18.9. The SMILES string of the molecule is COCCOc1cc(C#Cc2cc(OCCC[N+](C)(C)C)c(C#Cc3cc(OCCOC)c(C#Cc4ccc(C)cc4)cc3OCCOC)cc2OCCCC[NH+](C)C)c(OCCOC)cc1C#Cc1ccccc1.O=C=O. The maximum absolute atomic E-state index is 8.12. The number of rotatable bonds is 27. The first-order chi connectivity index (χ1) is 37.8. The van der Waals surface area contributed by atoms with Crippen molar-refractivity contribution in [3.63, 3.8) is 0 Å². The predicted octanol–water partition coefficient (Wildman–Crippen LogP) is 6.89. The van der Waals surface area contributed by atoms with Crippen molar-refractivity contribution in [2.24, 2.45) is 0 Å². The minimum Gasteiger partial charge on any atom is -0.492 e. The summed E-state index contributed by atoms with van der Waals surface area (Å²) in [5.41, 5.74) is 6.62. The summed E-state index contributed by atoms with van der Waals surface area (Å²) in [6.07, 6.45) is 2.89. The van der Waals surface area contributed by atoms with Crippen LogP contribution in [0.15, 0.2) is 91.0 Å². The molecule has 0 aliphatic carbocycles. The Morgan fingerprint density at radius 1 is 0.397 bits per heavy atom. The zero-order valence-corrected chi connectivity index (χ0v) is 47.1. The highest BCUT2D eigenvalue weighted by molar-refractivity contribution is 5.65. The average molecular weight is 1070 g/mol. The van der Waals surface area contributed by atoms with Gasteiger partial charge in [-0.1, -0.05) is 83.3 Å². The highest BCUT2D eigenvalue weighted by Crippen LogP contribution is 2.33. The second-order valence-corrected chi connectivity index (χ2v) is 18.9. The van der Waals surface area contributed by atoms with E-state index in [0.29, 0.717) is 134 Å². The fourth-order valence-electron chi connectivity index (χ4n) is 7.11. The second kappa shape index (κ2) is 35.6. The van der Waals surface area contributed by atoms with E-state index in [1.54, 1.807) is 28.4 Å². The molecule has 1 N–H and O–H groups in total. The summed E-state index contributed by atoms with van der Waals surface area (Å²) in [6.45, 7) is 7.65. The molecule has 0 amide bonds. The monoisotopic (exact) mass is 1060 g/mol. The van der Waals surface area contributed by atoms with Gasteiger partial charge in [0, 0.05) is 82.4 Å². The van der Waals surface area contributed by atoms with Crippen molar-refractivity contribution >= 4 is 6.15 Å². The molecule has 0 unspecified atom stereocenters. The zero-order valence-electron chi connectivity index (χ0n) is 47.1. The van der Waals surface area contributed by atoms with Crippen LogP contribution in [0.5, 0.6) is 34.5 Å². The van der Waals surface area contributed by atoms with E-state index in [9.17, 15) is 0 Å². The molecule has 0 heterocycles. The molecule has 412 valence electrons. The number of ether oxygens (including phenoxy) is 10. The molecule has 0 aromatic heterocycles. The third-order valence-corrected chi connectivity index (χ3v) is 11.2. The number of nitrogens with zero attached hydrogens (tertiary/aromatic N) is 1. The van der Waals surface area contributed by atoms with Crippen molar-refractivity contribution in [2.75, 3.05) is 143 Å². The molecule has 5 aromatic rings. The van der Waals surface area contributed by atoms with Crippen LogP contribution < -0.4 is 33.3 Å². The number of unbranched alkanes of at least 4 members (excludes halogenated alkanes) is 1. The number of benzene rings is 5. The maximum atomic E-state index is 8.12. The molecule has 0 fully saturated rings. The molecule has 0 aliphatic heterocycles. The van der Waals surface area contributed by atoms with Crippen LogP contribution in [0.3, 0.4) is 0 Å². The number of methoxy groups -OCH3 is 4. The van der Waals surface area contributed by atoms with Crippen LogP contribution in [0.4, 0.5) is 0 Å². The third-order valence-electron chi connectivity index (χ3n) is 11.2. The van der Waals surface area contributed by atoms with Gasteiger partial charge in [0.25, 0.3) is 0 Å². The van der Waals surface area contributed by atoms with E-state index in [4.69, 9.17) is 57.0 Å². The van der Waals surface area contributed by atoms with Gasteiger partial charge in [0.05, 0.1) is 121 Å². The van der Waals surface area contributed by atoms with Crippen LogP contribution in [0.1, 0.15) is 69.3 Å². The molecule has 0 radical (unpaired) electrons. The first-order valence-corrected chi connectivity index (χ1v) is 25.9. The van der Waals surface area contributed by atoms with E-state index in [2.05, 4.69) is 82.6 Å². The van der Waals surface area contributed by atoms with Gasteiger partial charge in [-0.3, -0.25) is 0 Å². The predicted molar refractivity (Wildman–Crippen MR) is 301 cm³/mol. The zero-order chi connectivity index (χ0) is 56.4. The molecule has 5 aromatic carbocycles. The number of hydrogen-bond donors (Lipinski definition) is 1. The van der Waals surface area contributed by atoms with Crippen LogP contribution >= 0.6 is 0 Å². The van der Waals surface area contributed by atoms with Crippen LogP contribution in [0.25, 0.3) is 0 Å². The fraction of sp³-hybridized carbons (Fsp3) is 0.391. The lowest BCUT2D eigenvalue weighted by Crippen LogP contribution is -3.05. The Balaban J connectivity index is 0.00000427. The van der Waals surface area contributed by atoms with E-state index in [-0.39, 0.29) is 6.15 Å². The van der Waals surface area contributed by atoms with Gasteiger partial charge in [-0.15, -0.1) is 0 Å². The Labute approximate surface area is 462 Å². The molecule has 0 atom stereocenters. The van der Waals surface area contributed by atoms with Crippen molar-refractivity contribution in [2.45, 2.75) is 26.2 Å². The molecule has 0 spiro atoms. The van der Waals surface area contributed by atoms with Gasteiger partial charge in [0.15, 0.2) is 0 Å². The molecule has 5 rings (SSSR count). The minimum absolute atomic E-state index is 0.250. The van der Waals surface area contributed by atoms with Crippen LogP contribution in [-0.2, 0) is 28.5 Å². The normalized spacial score (nSPS) is 10.4. The first kappa shape index (κ1) is 62.8. The highest BCUT2D eigenvalue weighted by atomic mass is 16.5. The van der Waals surface area contributed by atoms with Gasteiger partial charge < -0.3 is 56.8 Å². The Hall–Kier alpha value is -7.72. The van der Waals surface area contributed by atoms with E-state index < -0.39 is 0 Å². The van der Waals surface area contributed by atoms with Crippen molar-refractivity contribution in [1.82, 2.24) is 0 Å². The Bertz CT molecular complexity index is 2910. The molecule has 0 saturated heterocycles. The summed E-state index contributed by atoms with van der Waals surface area (Å²) in [4.78, 5) is 17.6. The molecule has 78 heavy (non-hydrogen) atoms. The van der Waals surface area contributed by atoms with Gasteiger partial charge in [0.2, 0.25) is 0 Å². The van der Waals surface area contributed by atoms with E-state index in [1.165, 1.54) is 4.90 Å². The highest BCUT2D eigenvalue weighted by Gasteiger charge is 2.16. The molecule has 14 heteroatoms. The topological polar surface area (TPSA) is 131 Å². The van der Waals surface area contributed by atoms with Crippen LogP contribution in [-0.4, -0.2) is 153 Å². The van der Waals surface area contributed by atoms with Gasteiger partial charge in [-0.2, -0.15) is 9.59 Å². The quantitative estimate of drug-likeness (QED) is 0.0334. The molecule has 14 nitrogen and oxygen atoms in total. The molecule has 0 saturated carbocycles. The third kappa shape index (κ3) is 23.7. The van der Waals surface area contributed by atoms with Crippen LogP contribution in [0, 0.1) is 54.3 Å². The summed E-state index contributed by atoms with van der Waals surface area (Å²) in [6, 6.07) is 29.2. The molecular weight excluding hydrogens is 989 g/mol. The van der Waals surface area contributed by atoms with Crippen molar-refractivity contribution in [3.8, 4) is 81.9 Å². The standard InChI is InChI=1S/C63H75N2O10.CO2/c1-49-19-21-51(22-20-49)24-26-53-44-63(75-42-38-69-10)57(48-61(53)73-40-36-67-8)30-28-55-45-58(70-33-15-14-31-64(2)3)54(46-59(55)71-34-16-32-65(4,5)6)27-29-56-47-60(72-39-35-66-7)52(43-62(56)74-41-37-68-9)25-23-50-17-12-11-13-18-50;2-1-3/h11-13,17-22,43-48H,14-16,31-42H2,1-10H3;/q+1;/p+1. The summed E-state index contributed by atoms with van der Waals surface area (Å²) < 4.78 is 60.7. The summed E-state index contributed by atoms with van der Waals surface area (Å²) in [5, 5.41) is 0. The number of carbonyl (C=O) groups excluding carboxylic acids is 2. The Morgan fingerprint density at radius 3 is 1.03 bits per heavy atom. The lowest BCUT2D eigenvalue weighted by atomic mass is 10.0. The number of aryl methyl sites for hydroxylation is 1. The lowest BCUT2D eigenvalue weighted by Gasteiger charge is -2.23. The average Bonchev–Trinajstić information content (AvgIpc) is 3.46. The first-order valence-electron chi connectivity index (χ1n) is 25.9. The number of quaternary nitrogens is 2. The Kier molecular flexibility index (Phi) is 28.7. The molecule has 0 aliphatic rings. The van der Waals surface area contributed by atoms with E-state index in [0.717, 1.165) is 53.5 Å². The summed E-state index contributed by atoms with van der Waals surface area (Å²) in [7, 11) is 17.4. The largest absolute Gasteiger partial charge is 0.492 e. The Morgan fingerprint density at radius 2 is 0.705 bits per heavy atom. The lowest BCUT2D eigenvalue weighted by molar-refractivity contribution is -0.870. The van der Waals surface area contributed by atoms with Crippen molar-refractivity contribution in [1.29, 1.82) is 0 Å². The summed E-state index contributed by atoms with van der Waals surface area (Å²) in [5.74, 6) is 30.2. The van der Waals surface area contributed by atoms with Gasteiger partial charge >= 0.3 is 6.15 Å². The van der Waals surface area contributed by atoms with Crippen molar-refractivity contribution < 1.29 is 66.3 Å². The molecular formula is C64H76N2O12+2. The van der Waals surface area contributed by atoms with Gasteiger partial charge in [-0.05, 0) is 44.0 Å². The van der Waals surface area contributed by atoms with E-state index >= 15 is 0 Å². The fourth-order valence-corrected chi connectivity index (χ4v) is 7.11. The number of nitrogens with one attached hydrogen (secondary N) is 1. The van der Waals surface area contributed by atoms with Crippen molar-refractivity contribution in [3.05, 3.63) is 141 Å². The van der Waals surface area contributed by atoms with Gasteiger partial charge in [0.1, 0.15) is 60.9 Å².